The van der Waals surface area contributed by atoms with Crippen LogP contribution in [0.15, 0.2) is 30.3 Å². The maximum absolute atomic E-state index is 11.3. The van der Waals surface area contributed by atoms with E-state index in [2.05, 4.69) is 0 Å². The molecule has 0 radical (unpaired) electrons. The molecule has 2 N–H and O–H groups in total. The molecule has 1 aliphatic rings. The third kappa shape index (κ3) is 1.90. The summed E-state index contributed by atoms with van der Waals surface area (Å²) in [6, 6.07) is 7.83. The van der Waals surface area contributed by atoms with Crippen molar-refractivity contribution in [1.29, 1.82) is 0 Å². The average molecular weight is 282 g/mol. The predicted molar refractivity (Wildman–Crippen MR) is 74.0 cm³/mol. The summed E-state index contributed by atoms with van der Waals surface area (Å²) in [6.07, 6.45) is 0.910. The fourth-order valence-electron chi connectivity index (χ4n) is 2.75. The minimum Gasteiger partial charge on any atom is -0.478 e. The largest absolute Gasteiger partial charge is 0.478 e. The lowest BCUT2D eigenvalue weighted by molar-refractivity contribution is 0.0685. The molecule has 0 aliphatic heterocycles. The van der Waals surface area contributed by atoms with E-state index in [-0.39, 0.29) is 16.7 Å². The first-order valence-corrected chi connectivity index (χ1v) is 6.24. The van der Waals surface area contributed by atoms with Crippen molar-refractivity contribution in [3.05, 3.63) is 58.1 Å². The van der Waals surface area contributed by atoms with E-state index in [0.29, 0.717) is 18.3 Å². The number of carbonyl (C=O) groups is 3. The van der Waals surface area contributed by atoms with Crippen LogP contribution in [0, 0.1) is 0 Å². The number of aldehydes is 1. The van der Waals surface area contributed by atoms with Crippen LogP contribution in [-0.4, -0.2) is 28.4 Å². The summed E-state index contributed by atoms with van der Waals surface area (Å²) < 4.78 is 0. The Morgan fingerprint density at radius 2 is 1.71 bits per heavy atom. The first-order chi connectivity index (χ1) is 10.0. The molecule has 0 fully saturated rings. The molecule has 0 unspecified atom stereocenters. The maximum Gasteiger partial charge on any atom is 0.336 e. The Balaban J connectivity index is 2.20. The molecule has 0 heterocycles. The van der Waals surface area contributed by atoms with Gasteiger partial charge in [-0.2, -0.15) is 0 Å². The second-order valence-corrected chi connectivity index (χ2v) is 4.83. The van der Waals surface area contributed by atoms with E-state index in [1.54, 1.807) is 18.2 Å². The smallest absolute Gasteiger partial charge is 0.336 e. The summed E-state index contributed by atoms with van der Waals surface area (Å²) in [5, 5.41) is 18.1. The maximum atomic E-state index is 11.3. The van der Waals surface area contributed by atoms with Gasteiger partial charge in [0, 0.05) is 5.56 Å². The van der Waals surface area contributed by atoms with E-state index >= 15 is 0 Å². The molecule has 5 heteroatoms. The number of hydrogen-bond donors (Lipinski definition) is 2. The fraction of sp³-hybridized carbons (Fsp3) is 0.0625. The Morgan fingerprint density at radius 1 is 1.00 bits per heavy atom. The van der Waals surface area contributed by atoms with Crippen LogP contribution >= 0.6 is 0 Å². The van der Waals surface area contributed by atoms with E-state index in [4.69, 9.17) is 10.2 Å². The zero-order valence-electron chi connectivity index (χ0n) is 10.8. The molecule has 0 saturated carbocycles. The minimum atomic E-state index is -1.15. The molecule has 2 aromatic carbocycles. The van der Waals surface area contributed by atoms with Gasteiger partial charge in [-0.3, -0.25) is 4.79 Å². The summed E-state index contributed by atoms with van der Waals surface area (Å²) >= 11 is 0. The van der Waals surface area contributed by atoms with Crippen LogP contribution in [0.2, 0.25) is 0 Å². The number of fused-ring (bicyclic) bond motifs is 3. The van der Waals surface area contributed by atoms with Crippen molar-refractivity contribution in [2.75, 3.05) is 0 Å². The summed E-state index contributed by atoms with van der Waals surface area (Å²) in [5.74, 6) is -2.17. The Hall–Kier alpha value is -2.95. The third-order valence-corrected chi connectivity index (χ3v) is 3.71. The second kappa shape index (κ2) is 4.56. The first kappa shape index (κ1) is 13.1. The van der Waals surface area contributed by atoms with Crippen molar-refractivity contribution in [1.82, 2.24) is 0 Å². The monoisotopic (exact) mass is 282 g/mol. The van der Waals surface area contributed by atoms with Crippen molar-refractivity contribution in [2.24, 2.45) is 0 Å². The molecule has 0 aromatic heterocycles. The fourth-order valence-corrected chi connectivity index (χ4v) is 2.75. The highest BCUT2D eigenvalue weighted by Crippen LogP contribution is 2.39. The Bertz CT molecular complexity index is 805. The Kier molecular flexibility index (Phi) is 2.83. The van der Waals surface area contributed by atoms with Gasteiger partial charge in [-0.25, -0.2) is 9.59 Å². The standard InChI is InChI=1S/C16H10O5/c17-7-14-12(16(20)21)4-3-11-10-2-1-8(15(18)19)5-9(10)6-13(11)14/h1-5,7H,6H2,(H,18,19)(H,20,21). The third-order valence-electron chi connectivity index (χ3n) is 3.71. The Labute approximate surface area is 119 Å². The van der Waals surface area contributed by atoms with Gasteiger partial charge >= 0.3 is 11.9 Å². The van der Waals surface area contributed by atoms with Crippen LogP contribution in [0.4, 0.5) is 0 Å². The quantitative estimate of drug-likeness (QED) is 0.720. The molecular weight excluding hydrogens is 272 g/mol. The summed E-state index contributed by atoms with van der Waals surface area (Å²) in [5.41, 5.74) is 3.36. The zero-order valence-corrected chi connectivity index (χ0v) is 10.8. The number of aromatic carboxylic acids is 2. The molecule has 0 amide bonds. The van der Waals surface area contributed by atoms with E-state index in [0.717, 1.165) is 16.7 Å². The van der Waals surface area contributed by atoms with Crippen molar-refractivity contribution < 1.29 is 24.6 Å². The van der Waals surface area contributed by atoms with E-state index in [9.17, 15) is 14.4 Å². The Morgan fingerprint density at radius 3 is 2.33 bits per heavy atom. The molecular formula is C16H10O5. The molecule has 104 valence electrons. The van der Waals surface area contributed by atoms with E-state index in [1.807, 2.05) is 0 Å². The SMILES string of the molecule is O=Cc1c(C(=O)O)ccc2c1Cc1cc(C(=O)O)ccc1-2. The molecule has 5 nitrogen and oxygen atoms in total. The van der Waals surface area contributed by atoms with Crippen molar-refractivity contribution in [3.8, 4) is 11.1 Å². The first-order valence-electron chi connectivity index (χ1n) is 6.24. The highest BCUT2D eigenvalue weighted by molar-refractivity contribution is 6.01. The lowest BCUT2D eigenvalue weighted by atomic mass is 9.97. The summed E-state index contributed by atoms with van der Waals surface area (Å²) in [4.78, 5) is 33.4. The lowest BCUT2D eigenvalue weighted by Gasteiger charge is -2.06. The van der Waals surface area contributed by atoms with E-state index < -0.39 is 11.9 Å². The van der Waals surface area contributed by atoms with Gasteiger partial charge in [-0.15, -0.1) is 0 Å². The van der Waals surface area contributed by atoms with Gasteiger partial charge in [0.15, 0.2) is 6.29 Å². The van der Waals surface area contributed by atoms with Crippen LogP contribution in [-0.2, 0) is 6.42 Å². The van der Waals surface area contributed by atoms with Crippen molar-refractivity contribution in [2.45, 2.75) is 6.42 Å². The number of carboxylic acid groups (broad SMARTS) is 2. The van der Waals surface area contributed by atoms with Gasteiger partial charge in [-0.05, 0) is 46.9 Å². The van der Waals surface area contributed by atoms with Crippen LogP contribution in [0.3, 0.4) is 0 Å². The molecule has 3 rings (SSSR count). The number of hydrogen-bond acceptors (Lipinski definition) is 3. The highest BCUT2D eigenvalue weighted by atomic mass is 16.4. The molecule has 1 aliphatic carbocycles. The van der Waals surface area contributed by atoms with Gasteiger partial charge in [0.2, 0.25) is 0 Å². The number of rotatable bonds is 3. The summed E-state index contributed by atoms with van der Waals surface area (Å²) in [6.45, 7) is 0. The van der Waals surface area contributed by atoms with Gasteiger partial charge in [-0.1, -0.05) is 12.1 Å². The lowest BCUT2D eigenvalue weighted by Crippen LogP contribution is -2.05. The number of carbonyl (C=O) groups excluding carboxylic acids is 1. The van der Waals surface area contributed by atoms with Crippen molar-refractivity contribution >= 4 is 18.2 Å². The van der Waals surface area contributed by atoms with Gasteiger partial charge in [0.1, 0.15) is 0 Å². The normalized spacial score (nSPS) is 11.6. The zero-order chi connectivity index (χ0) is 15.1. The number of benzene rings is 2. The van der Waals surface area contributed by atoms with Crippen LogP contribution < -0.4 is 0 Å². The molecule has 0 atom stereocenters. The van der Waals surface area contributed by atoms with Crippen LogP contribution in [0.25, 0.3) is 11.1 Å². The minimum absolute atomic E-state index is 0.0324. The molecule has 0 spiro atoms. The second-order valence-electron chi connectivity index (χ2n) is 4.83. The molecule has 0 bridgehead atoms. The molecule has 0 saturated heterocycles. The molecule has 2 aromatic rings. The van der Waals surface area contributed by atoms with Gasteiger partial charge in [0.25, 0.3) is 0 Å². The van der Waals surface area contributed by atoms with Crippen molar-refractivity contribution in [3.63, 3.8) is 0 Å². The van der Waals surface area contributed by atoms with Gasteiger partial charge < -0.3 is 10.2 Å². The van der Waals surface area contributed by atoms with Gasteiger partial charge in [0.05, 0.1) is 11.1 Å². The van der Waals surface area contributed by atoms with E-state index in [1.165, 1.54) is 12.1 Å². The average Bonchev–Trinajstić information content (AvgIpc) is 2.83. The topological polar surface area (TPSA) is 91.7 Å². The summed E-state index contributed by atoms with van der Waals surface area (Å²) in [7, 11) is 0. The predicted octanol–water partition coefficient (Wildman–Crippen LogP) is 2.47. The van der Waals surface area contributed by atoms with Crippen LogP contribution in [0.5, 0.6) is 0 Å². The highest BCUT2D eigenvalue weighted by Gasteiger charge is 2.25. The molecule has 21 heavy (non-hydrogen) atoms. The van der Waals surface area contributed by atoms with Crippen LogP contribution in [0.1, 0.15) is 42.2 Å². The number of carboxylic acids is 2.